The third-order valence-electron chi connectivity index (χ3n) is 7.22. The number of carbonyl (C=O) groups is 1. The number of aromatic nitrogens is 1. The summed E-state index contributed by atoms with van der Waals surface area (Å²) in [5, 5.41) is 13.3. The number of nitrogens with zero attached hydrogens (tertiary/aromatic N) is 1. The number of aromatic amines is 1. The third-order valence-corrected chi connectivity index (χ3v) is 9.19. The Hall–Kier alpha value is -3.41. The van der Waals surface area contributed by atoms with Crippen molar-refractivity contribution in [3.63, 3.8) is 0 Å². The molecule has 9 nitrogen and oxygen atoms in total. The first-order valence-electron chi connectivity index (χ1n) is 12.8. The predicted molar refractivity (Wildman–Crippen MR) is 157 cm³/mol. The van der Waals surface area contributed by atoms with Gasteiger partial charge in [-0.15, -0.1) is 0 Å². The molecule has 0 aliphatic carbocycles. The normalized spacial score (nSPS) is 16.8. The SMILES string of the molecule is N=C(N)N1CCCC(CNC(=O)C(Cc2c[nH]c3ccc(Br)cc23)NS(=O)(=O)c2ccc3ccccc3c2)C1. The molecule has 2 unspecified atom stereocenters. The number of fused-ring (bicyclic) bond motifs is 2. The number of rotatable bonds is 8. The Kier molecular flexibility index (Phi) is 7.92. The molecule has 0 saturated carbocycles. The van der Waals surface area contributed by atoms with Crippen LogP contribution in [-0.4, -0.2) is 55.8 Å². The Morgan fingerprint density at radius 1 is 1.15 bits per heavy atom. The van der Waals surface area contributed by atoms with E-state index in [0.717, 1.165) is 51.1 Å². The number of H-pyrrole nitrogens is 1. The van der Waals surface area contributed by atoms with E-state index in [2.05, 4.69) is 31.0 Å². The third kappa shape index (κ3) is 6.26. The Balaban J connectivity index is 1.39. The van der Waals surface area contributed by atoms with E-state index in [1.54, 1.807) is 23.1 Å². The van der Waals surface area contributed by atoms with Crippen LogP contribution in [0.1, 0.15) is 18.4 Å². The first-order valence-corrected chi connectivity index (χ1v) is 15.1. The van der Waals surface area contributed by atoms with Crippen LogP contribution in [0.2, 0.25) is 0 Å². The number of sulfonamides is 1. The van der Waals surface area contributed by atoms with Crippen LogP contribution in [0.25, 0.3) is 21.7 Å². The molecule has 204 valence electrons. The Labute approximate surface area is 235 Å². The van der Waals surface area contributed by atoms with Crippen LogP contribution >= 0.6 is 15.9 Å². The van der Waals surface area contributed by atoms with E-state index < -0.39 is 22.0 Å². The summed E-state index contributed by atoms with van der Waals surface area (Å²) < 4.78 is 30.6. The van der Waals surface area contributed by atoms with Crippen LogP contribution in [0.4, 0.5) is 0 Å². The summed E-state index contributed by atoms with van der Waals surface area (Å²) in [6.45, 7) is 1.68. The van der Waals surface area contributed by atoms with Crippen molar-refractivity contribution >= 4 is 59.5 Å². The number of benzene rings is 3. The molecule has 11 heteroatoms. The van der Waals surface area contributed by atoms with Gasteiger partial charge >= 0.3 is 0 Å². The van der Waals surface area contributed by atoms with Gasteiger partial charge < -0.3 is 20.9 Å². The number of guanidine groups is 1. The molecule has 4 aromatic rings. The van der Waals surface area contributed by atoms with Crippen LogP contribution in [0.5, 0.6) is 0 Å². The van der Waals surface area contributed by atoms with Gasteiger partial charge in [-0.3, -0.25) is 10.2 Å². The monoisotopic (exact) mass is 610 g/mol. The lowest BCUT2D eigenvalue weighted by atomic mass is 9.98. The van der Waals surface area contributed by atoms with Gasteiger partial charge in [0.05, 0.1) is 4.90 Å². The minimum absolute atomic E-state index is 0.0255. The highest BCUT2D eigenvalue weighted by Crippen LogP contribution is 2.25. The average molecular weight is 612 g/mol. The van der Waals surface area contributed by atoms with Gasteiger partial charge in [0.2, 0.25) is 15.9 Å². The molecule has 0 bridgehead atoms. The van der Waals surface area contributed by atoms with Gasteiger partial charge in [-0.1, -0.05) is 46.3 Å². The summed E-state index contributed by atoms with van der Waals surface area (Å²) in [4.78, 5) is 18.6. The average Bonchev–Trinajstić information content (AvgIpc) is 3.32. The fraction of sp³-hybridized carbons (Fsp3) is 0.286. The standard InChI is InChI=1S/C28H31BrN6O3S/c29-22-8-10-25-24(14-22)21(16-32-25)13-26(27(36)33-15-18-4-3-11-35(17-18)28(30)31)34-39(37,38)23-9-7-19-5-1-2-6-20(19)12-23/h1-2,5-10,12,14,16,18,26,32,34H,3-4,11,13,15,17H2,(H3,30,31)(H,33,36). The zero-order valence-corrected chi connectivity index (χ0v) is 23.7. The minimum Gasteiger partial charge on any atom is -0.370 e. The molecule has 0 spiro atoms. The van der Waals surface area contributed by atoms with Crippen molar-refractivity contribution in [2.24, 2.45) is 11.7 Å². The Bertz CT molecular complexity index is 1640. The molecule has 6 N–H and O–H groups in total. The molecule has 1 aliphatic heterocycles. The largest absolute Gasteiger partial charge is 0.370 e. The van der Waals surface area contributed by atoms with E-state index in [4.69, 9.17) is 11.1 Å². The van der Waals surface area contributed by atoms with Gasteiger partial charge in [0, 0.05) is 41.2 Å². The van der Waals surface area contributed by atoms with E-state index >= 15 is 0 Å². The Morgan fingerprint density at radius 3 is 2.74 bits per heavy atom. The quantitative estimate of drug-likeness (QED) is 0.153. The number of nitrogens with one attached hydrogen (secondary N) is 4. The van der Waals surface area contributed by atoms with Crippen molar-refractivity contribution in [3.8, 4) is 0 Å². The van der Waals surface area contributed by atoms with Crippen LogP contribution in [0.3, 0.4) is 0 Å². The highest BCUT2D eigenvalue weighted by molar-refractivity contribution is 9.10. The number of hydrogen-bond donors (Lipinski definition) is 5. The summed E-state index contributed by atoms with van der Waals surface area (Å²) in [7, 11) is -4.01. The lowest BCUT2D eigenvalue weighted by Gasteiger charge is -2.33. The number of likely N-dealkylation sites (tertiary alicyclic amines) is 1. The molecular weight excluding hydrogens is 580 g/mol. The van der Waals surface area contributed by atoms with E-state index in [9.17, 15) is 13.2 Å². The molecule has 5 rings (SSSR count). The summed E-state index contributed by atoms with van der Waals surface area (Å²) in [5.74, 6) is -0.255. The molecular formula is C28H31BrN6O3S. The second-order valence-electron chi connectivity index (χ2n) is 9.98. The maximum Gasteiger partial charge on any atom is 0.241 e. The van der Waals surface area contributed by atoms with E-state index in [-0.39, 0.29) is 23.2 Å². The van der Waals surface area contributed by atoms with E-state index in [1.165, 1.54) is 0 Å². The van der Waals surface area contributed by atoms with Crippen LogP contribution < -0.4 is 15.8 Å². The molecule has 1 aliphatic rings. The summed E-state index contributed by atoms with van der Waals surface area (Å²) in [5.41, 5.74) is 7.39. The number of hydrogen-bond acceptors (Lipinski definition) is 4. The van der Waals surface area contributed by atoms with Crippen molar-refractivity contribution in [3.05, 3.63) is 76.9 Å². The molecule has 1 saturated heterocycles. The fourth-order valence-electron chi connectivity index (χ4n) is 5.14. The van der Waals surface area contributed by atoms with Gasteiger partial charge in [-0.2, -0.15) is 4.72 Å². The lowest BCUT2D eigenvalue weighted by molar-refractivity contribution is -0.122. The first-order chi connectivity index (χ1) is 18.7. The van der Waals surface area contributed by atoms with Crippen LogP contribution in [0.15, 0.2) is 76.2 Å². The van der Waals surface area contributed by atoms with Gasteiger partial charge in [0.1, 0.15) is 6.04 Å². The predicted octanol–water partition coefficient (Wildman–Crippen LogP) is 3.69. The van der Waals surface area contributed by atoms with E-state index in [0.29, 0.717) is 13.1 Å². The van der Waals surface area contributed by atoms with Crippen LogP contribution in [0, 0.1) is 11.3 Å². The van der Waals surface area contributed by atoms with Crippen molar-refractivity contribution < 1.29 is 13.2 Å². The number of carbonyl (C=O) groups excluding carboxylic acids is 1. The highest BCUT2D eigenvalue weighted by atomic mass is 79.9. The van der Waals surface area contributed by atoms with Crippen LogP contribution in [-0.2, 0) is 21.2 Å². The molecule has 2 atom stereocenters. The second-order valence-corrected chi connectivity index (χ2v) is 12.6. The molecule has 0 radical (unpaired) electrons. The number of piperidine rings is 1. The molecule has 1 fully saturated rings. The van der Waals surface area contributed by atoms with Crippen molar-refractivity contribution in [1.82, 2.24) is 19.9 Å². The zero-order chi connectivity index (χ0) is 27.6. The topological polar surface area (TPSA) is 144 Å². The zero-order valence-electron chi connectivity index (χ0n) is 21.3. The minimum atomic E-state index is -4.01. The number of halogens is 1. The molecule has 39 heavy (non-hydrogen) atoms. The molecule has 1 amide bonds. The maximum atomic E-state index is 13.5. The van der Waals surface area contributed by atoms with E-state index in [1.807, 2.05) is 48.7 Å². The van der Waals surface area contributed by atoms with Crippen molar-refractivity contribution in [2.75, 3.05) is 19.6 Å². The van der Waals surface area contributed by atoms with Gasteiger partial charge in [-0.25, -0.2) is 8.42 Å². The highest BCUT2D eigenvalue weighted by Gasteiger charge is 2.28. The summed E-state index contributed by atoms with van der Waals surface area (Å²) >= 11 is 3.50. The summed E-state index contributed by atoms with van der Waals surface area (Å²) in [6, 6.07) is 17.2. The Morgan fingerprint density at radius 2 is 1.95 bits per heavy atom. The molecule has 1 aromatic heterocycles. The maximum absolute atomic E-state index is 13.5. The summed E-state index contributed by atoms with van der Waals surface area (Å²) in [6.07, 6.45) is 3.75. The molecule has 3 aromatic carbocycles. The van der Waals surface area contributed by atoms with Crippen molar-refractivity contribution in [1.29, 1.82) is 5.41 Å². The molecule has 2 heterocycles. The second kappa shape index (κ2) is 11.4. The van der Waals surface area contributed by atoms with Gasteiger partial charge in [-0.05, 0) is 71.8 Å². The van der Waals surface area contributed by atoms with Gasteiger partial charge in [0.15, 0.2) is 5.96 Å². The van der Waals surface area contributed by atoms with Gasteiger partial charge in [0.25, 0.3) is 0 Å². The fourth-order valence-corrected chi connectivity index (χ4v) is 6.73. The smallest absolute Gasteiger partial charge is 0.241 e. The first kappa shape index (κ1) is 27.2. The lowest BCUT2D eigenvalue weighted by Crippen LogP contribution is -2.51. The number of amides is 1. The van der Waals surface area contributed by atoms with Crippen molar-refractivity contribution in [2.45, 2.75) is 30.2 Å². The number of nitrogens with two attached hydrogens (primary N) is 1.